The average molecular weight is 285 g/mol. The predicted molar refractivity (Wildman–Crippen MR) is 76.0 cm³/mol. The number of rotatable bonds is 5. The van der Waals surface area contributed by atoms with Crippen molar-refractivity contribution in [1.29, 1.82) is 0 Å². The maximum Gasteiger partial charge on any atom is 0.312 e. The lowest BCUT2D eigenvalue weighted by Gasteiger charge is -2.36. The van der Waals surface area contributed by atoms with Gasteiger partial charge in [0.2, 0.25) is 0 Å². The van der Waals surface area contributed by atoms with E-state index < -0.39 is 17.5 Å². The number of carbonyl (C=O) groups excluding carboxylic acids is 1. The molecule has 1 rings (SSSR count). The van der Waals surface area contributed by atoms with Crippen molar-refractivity contribution >= 4 is 17.6 Å². The summed E-state index contributed by atoms with van der Waals surface area (Å²) in [6, 6.07) is 6.94. The first-order valence-corrected chi connectivity index (χ1v) is 6.80. The van der Waals surface area contributed by atoms with Crippen LogP contribution in [0.3, 0.4) is 0 Å². The number of hydrogen-bond acceptors (Lipinski definition) is 3. The van der Waals surface area contributed by atoms with Gasteiger partial charge in [0, 0.05) is 5.02 Å². The fourth-order valence-electron chi connectivity index (χ4n) is 2.49. The molecule has 2 atom stereocenters. The molecular weight excluding hydrogens is 264 g/mol. The molecule has 0 radical (unpaired) electrons. The van der Waals surface area contributed by atoms with Gasteiger partial charge in [-0.1, -0.05) is 44.5 Å². The van der Waals surface area contributed by atoms with Crippen LogP contribution in [0.2, 0.25) is 5.02 Å². The molecule has 4 heteroatoms. The first-order chi connectivity index (χ1) is 8.86. The monoisotopic (exact) mass is 284 g/mol. The van der Waals surface area contributed by atoms with E-state index in [0.29, 0.717) is 17.0 Å². The second-order valence-corrected chi connectivity index (χ2v) is 5.47. The van der Waals surface area contributed by atoms with Gasteiger partial charge in [-0.3, -0.25) is 4.79 Å². The summed E-state index contributed by atoms with van der Waals surface area (Å²) in [7, 11) is 1.34. The molecule has 106 valence electrons. The van der Waals surface area contributed by atoms with Crippen LogP contribution in [0.15, 0.2) is 24.3 Å². The van der Waals surface area contributed by atoms with Gasteiger partial charge in [0.15, 0.2) is 0 Å². The van der Waals surface area contributed by atoms with Gasteiger partial charge in [0.1, 0.15) is 5.60 Å². The molecule has 1 N–H and O–H groups in total. The summed E-state index contributed by atoms with van der Waals surface area (Å²) in [5, 5.41) is 11.6. The van der Waals surface area contributed by atoms with Crippen LogP contribution in [0.25, 0.3) is 0 Å². The van der Waals surface area contributed by atoms with Crippen molar-refractivity contribution in [2.24, 2.45) is 11.8 Å². The van der Waals surface area contributed by atoms with Crippen molar-refractivity contribution in [3.63, 3.8) is 0 Å². The highest BCUT2D eigenvalue weighted by molar-refractivity contribution is 6.30. The summed E-state index contributed by atoms with van der Waals surface area (Å²) in [5.41, 5.74) is -0.560. The van der Waals surface area contributed by atoms with Crippen LogP contribution >= 0.6 is 11.6 Å². The van der Waals surface area contributed by atoms with Gasteiger partial charge in [0.05, 0.1) is 13.0 Å². The van der Waals surface area contributed by atoms with Gasteiger partial charge < -0.3 is 9.84 Å². The molecule has 1 aromatic rings. The molecule has 0 spiro atoms. The number of esters is 1. The molecule has 19 heavy (non-hydrogen) atoms. The highest BCUT2D eigenvalue weighted by Crippen LogP contribution is 2.38. The minimum absolute atomic E-state index is 0.0342. The normalized spacial score (nSPS) is 15.9. The summed E-state index contributed by atoms with van der Waals surface area (Å²) in [5.74, 6) is -1.04. The molecule has 0 bridgehead atoms. The quantitative estimate of drug-likeness (QED) is 0.843. The van der Waals surface area contributed by atoms with Crippen LogP contribution in [-0.2, 0) is 15.1 Å². The Kier molecular flexibility index (Phi) is 5.39. The van der Waals surface area contributed by atoms with Gasteiger partial charge in [0.25, 0.3) is 0 Å². The first-order valence-electron chi connectivity index (χ1n) is 6.43. The lowest BCUT2D eigenvalue weighted by atomic mass is 9.74. The van der Waals surface area contributed by atoms with Crippen LogP contribution < -0.4 is 0 Å². The Morgan fingerprint density at radius 3 is 2.26 bits per heavy atom. The minimum Gasteiger partial charge on any atom is -0.469 e. The van der Waals surface area contributed by atoms with Crippen molar-refractivity contribution < 1.29 is 14.6 Å². The fraction of sp³-hybridized carbons (Fsp3) is 0.533. The summed E-state index contributed by atoms with van der Waals surface area (Å²) in [6.07, 6.45) is 0.423. The lowest BCUT2D eigenvalue weighted by molar-refractivity contribution is -0.161. The molecule has 2 unspecified atom stereocenters. The molecule has 0 amide bonds. The smallest absolute Gasteiger partial charge is 0.312 e. The van der Waals surface area contributed by atoms with Crippen molar-refractivity contribution in [2.75, 3.05) is 7.11 Å². The Labute approximate surface area is 119 Å². The maximum absolute atomic E-state index is 12.0. The van der Waals surface area contributed by atoms with Crippen molar-refractivity contribution in [3.8, 4) is 0 Å². The fourth-order valence-corrected chi connectivity index (χ4v) is 2.61. The molecule has 0 aliphatic heterocycles. The average Bonchev–Trinajstić information content (AvgIpc) is 2.38. The van der Waals surface area contributed by atoms with E-state index in [9.17, 15) is 9.90 Å². The van der Waals surface area contributed by atoms with Gasteiger partial charge >= 0.3 is 5.97 Å². The second kappa shape index (κ2) is 6.40. The zero-order valence-corrected chi connectivity index (χ0v) is 12.6. The lowest BCUT2D eigenvalue weighted by Crippen LogP contribution is -2.43. The highest BCUT2D eigenvalue weighted by atomic mass is 35.5. The summed E-state index contributed by atoms with van der Waals surface area (Å²) in [4.78, 5) is 12.0. The molecule has 0 saturated heterocycles. The molecule has 0 aromatic heterocycles. The van der Waals surface area contributed by atoms with Gasteiger partial charge in [-0.05, 0) is 30.0 Å². The molecule has 0 aliphatic carbocycles. The van der Waals surface area contributed by atoms with Gasteiger partial charge in [-0.25, -0.2) is 0 Å². The van der Waals surface area contributed by atoms with E-state index in [1.165, 1.54) is 7.11 Å². The van der Waals surface area contributed by atoms with E-state index in [2.05, 4.69) is 0 Å². The topological polar surface area (TPSA) is 46.5 Å². The zero-order valence-electron chi connectivity index (χ0n) is 11.8. The van der Waals surface area contributed by atoms with Crippen LogP contribution in [0.1, 0.15) is 32.8 Å². The van der Waals surface area contributed by atoms with Gasteiger partial charge in [-0.2, -0.15) is 0 Å². The summed E-state index contributed by atoms with van der Waals surface area (Å²) < 4.78 is 4.84. The number of benzene rings is 1. The Balaban J connectivity index is 3.26. The molecule has 0 saturated carbocycles. The third-order valence-electron chi connectivity index (χ3n) is 3.52. The standard InChI is InChI=1S/C15H21ClO3/c1-5-15(18,11-6-8-12(16)9-7-11)13(10(2)3)14(17)19-4/h6-10,13,18H,5H2,1-4H3. The van der Waals surface area contributed by atoms with Crippen LogP contribution in [0, 0.1) is 11.8 Å². The second-order valence-electron chi connectivity index (χ2n) is 5.03. The molecule has 0 aliphatic rings. The Morgan fingerprint density at radius 1 is 1.37 bits per heavy atom. The van der Waals surface area contributed by atoms with E-state index in [4.69, 9.17) is 16.3 Å². The minimum atomic E-state index is -1.24. The van der Waals surface area contributed by atoms with Crippen LogP contribution in [0.4, 0.5) is 0 Å². The number of carbonyl (C=O) groups is 1. The number of methoxy groups -OCH3 is 1. The summed E-state index contributed by atoms with van der Waals surface area (Å²) in [6.45, 7) is 5.66. The van der Waals surface area contributed by atoms with Crippen LogP contribution in [-0.4, -0.2) is 18.2 Å². The molecule has 3 nitrogen and oxygen atoms in total. The number of ether oxygens (including phenoxy) is 1. The van der Waals surface area contributed by atoms with E-state index in [1.807, 2.05) is 20.8 Å². The van der Waals surface area contributed by atoms with Crippen molar-refractivity contribution in [3.05, 3.63) is 34.9 Å². The summed E-state index contributed by atoms with van der Waals surface area (Å²) >= 11 is 5.86. The van der Waals surface area contributed by atoms with Crippen molar-refractivity contribution in [1.82, 2.24) is 0 Å². The zero-order chi connectivity index (χ0) is 14.6. The number of halogens is 1. The molecule has 0 fully saturated rings. The van der Waals surface area contributed by atoms with E-state index in [1.54, 1.807) is 24.3 Å². The maximum atomic E-state index is 12.0. The molecule has 0 heterocycles. The van der Waals surface area contributed by atoms with Gasteiger partial charge in [-0.15, -0.1) is 0 Å². The Bertz CT molecular complexity index is 428. The largest absolute Gasteiger partial charge is 0.469 e. The highest BCUT2D eigenvalue weighted by Gasteiger charge is 2.44. The SMILES string of the molecule is CCC(O)(c1ccc(Cl)cc1)C(C(=O)OC)C(C)C. The molecule has 1 aromatic carbocycles. The van der Waals surface area contributed by atoms with Crippen molar-refractivity contribution in [2.45, 2.75) is 32.8 Å². The molecular formula is C15H21ClO3. The van der Waals surface area contributed by atoms with Crippen LogP contribution in [0.5, 0.6) is 0 Å². The first kappa shape index (κ1) is 16.0. The third-order valence-corrected chi connectivity index (χ3v) is 3.77. The van der Waals surface area contributed by atoms with E-state index in [0.717, 1.165) is 0 Å². The van der Waals surface area contributed by atoms with E-state index >= 15 is 0 Å². The Hall–Kier alpha value is -1.06. The number of hydrogen-bond donors (Lipinski definition) is 1. The predicted octanol–water partition coefficient (Wildman–Crippen LogP) is 3.38. The Morgan fingerprint density at radius 2 is 1.89 bits per heavy atom. The third kappa shape index (κ3) is 3.28. The van der Waals surface area contributed by atoms with E-state index in [-0.39, 0.29) is 5.92 Å². The number of aliphatic hydroxyl groups is 1.